The van der Waals surface area contributed by atoms with Crippen LogP contribution in [0.15, 0.2) is 41.9 Å². The molecule has 1 N–H and O–H groups in total. The van der Waals surface area contributed by atoms with Gasteiger partial charge in [-0.3, -0.25) is 9.59 Å². The van der Waals surface area contributed by atoms with E-state index in [0.29, 0.717) is 54.5 Å². The highest BCUT2D eigenvalue weighted by Crippen LogP contribution is 2.53. The van der Waals surface area contributed by atoms with E-state index in [0.717, 1.165) is 61.4 Å². The van der Waals surface area contributed by atoms with Crippen molar-refractivity contribution in [2.75, 3.05) is 38.1 Å². The third kappa shape index (κ3) is 6.17. The van der Waals surface area contributed by atoms with Crippen LogP contribution in [0.5, 0.6) is 5.75 Å². The van der Waals surface area contributed by atoms with Gasteiger partial charge in [-0.2, -0.15) is 4.99 Å². The van der Waals surface area contributed by atoms with E-state index >= 15 is 4.39 Å². The second-order valence-corrected chi connectivity index (χ2v) is 14.2. The largest absolute Gasteiger partial charge is 0.489 e. The Morgan fingerprint density at radius 2 is 1.87 bits per heavy atom. The van der Waals surface area contributed by atoms with Crippen LogP contribution in [0.2, 0.25) is 0 Å². The first-order valence-corrected chi connectivity index (χ1v) is 17.3. The molecule has 47 heavy (non-hydrogen) atoms. The Bertz CT molecular complexity index is 1590. The molecule has 4 fully saturated rings. The van der Waals surface area contributed by atoms with Gasteiger partial charge in [0.1, 0.15) is 24.1 Å². The number of rotatable bonds is 9. The number of likely N-dealkylation sites (tertiary alicyclic amines) is 1. The molecule has 0 aromatic heterocycles. The molecule has 2 aromatic carbocycles. The Balaban J connectivity index is 1.26. The van der Waals surface area contributed by atoms with Crippen LogP contribution in [0.25, 0.3) is 11.1 Å². The molecule has 2 aromatic rings. The summed E-state index contributed by atoms with van der Waals surface area (Å²) in [4.78, 5) is 35.7. The summed E-state index contributed by atoms with van der Waals surface area (Å²) >= 11 is 0. The van der Waals surface area contributed by atoms with Crippen molar-refractivity contribution < 1.29 is 23.1 Å². The van der Waals surface area contributed by atoms with Crippen molar-refractivity contribution in [3.8, 4) is 16.9 Å². The van der Waals surface area contributed by atoms with Crippen molar-refractivity contribution >= 4 is 23.8 Å². The van der Waals surface area contributed by atoms with E-state index in [-0.39, 0.29) is 30.0 Å². The zero-order valence-electron chi connectivity index (χ0n) is 27.4. The zero-order chi connectivity index (χ0) is 32.8. The molecule has 5 aliphatic rings. The lowest BCUT2D eigenvalue weighted by atomic mass is 9.89. The number of amides is 2. The first-order chi connectivity index (χ1) is 22.7. The minimum absolute atomic E-state index is 0.00891. The Hall–Kier alpha value is -3.79. The van der Waals surface area contributed by atoms with Gasteiger partial charge in [-0.1, -0.05) is 6.58 Å². The first-order valence-electron chi connectivity index (χ1n) is 17.3. The number of amidine groups is 1. The molecule has 0 radical (unpaired) electrons. The van der Waals surface area contributed by atoms with Crippen molar-refractivity contribution in [1.82, 2.24) is 14.7 Å². The predicted molar refractivity (Wildman–Crippen MR) is 179 cm³/mol. The average molecular weight is 646 g/mol. The molecular formula is C37H45F2N5O3. The number of hydrogen-bond acceptors (Lipinski definition) is 5. The summed E-state index contributed by atoms with van der Waals surface area (Å²) in [5.74, 6) is 0.659. The summed E-state index contributed by atoms with van der Waals surface area (Å²) in [5.41, 5.74) is 3.25. The van der Waals surface area contributed by atoms with E-state index in [1.165, 1.54) is 44.0 Å². The number of fused-ring (bicyclic) bond motifs is 3. The second kappa shape index (κ2) is 13.0. The minimum atomic E-state index is -0.639. The maximum absolute atomic E-state index is 15.5. The highest BCUT2D eigenvalue weighted by molar-refractivity contribution is 6.09. The first kappa shape index (κ1) is 31.8. The maximum atomic E-state index is 15.5. The number of carbonyl (C=O) groups excluding carboxylic acids is 2. The van der Waals surface area contributed by atoms with E-state index in [9.17, 15) is 14.0 Å². The number of benzene rings is 2. The fourth-order valence-corrected chi connectivity index (χ4v) is 8.45. The number of nitrogens with one attached hydrogen (secondary N) is 1. The van der Waals surface area contributed by atoms with E-state index < -0.39 is 11.6 Å². The molecule has 2 aliphatic carbocycles. The Labute approximate surface area is 275 Å². The van der Waals surface area contributed by atoms with Crippen molar-refractivity contribution in [2.45, 2.75) is 88.9 Å². The van der Waals surface area contributed by atoms with Gasteiger partial charge in [0.05, 0.1) is 11.7 Å². The maximum Gasteiger partial charge on any atom is 0.246 e. The number of piperazine rings is 1. The van der Waals surface area contributed by atoms with Gasteiger partial charge in [0.15, 0.2) is 5.75 Å². The van der Waals surface area contributed by atoms with Crippen LogP contribution < -0.4 is 10.1 Å². The van der Waals surface area contributed by atoms with Crippen molar-refractivity contribution in [3.05, 3.63) is 59.7 Å². The summed E-state index contributed by atoms with van der Waals surface area (Å²) in [5, 5.41) is 3.75. The number of aliphatic imine (C=N–C) groups is 1. The van der Waals surface area contributed by atoms with Crippen LogP contribution in [-0.4, -0.2) is 89.8 Å². The van der Waals surface area contributed by atoms with E-state index in [2.05, 4.69) is 26.7 Å². The van der Waals surface area contributed by atoms with Gasteiger partial charge in [0, 0.05) is 60.5 Å². The summed E-state index contributed by atoms with van der Waals surface area (Å²) < 4.78 is 36.1. The third-order valence-electron chi connectivity index (χ3n) is 11.0. The molecule has 0 unspecified atom stereocenters. The number of piperidine rings is 1. The quantitative estimate of drug-likeness (QED) is 0.157. The number of carbonyl (C=O) groups is 2. The van der Waals surface area contributed by atoms with Gasteiger partial charge in [0.25, 0.3) is 0 Å². The lowest BCUT2D eigenvalue weighted by molar-refractivity contribution is -0.130. The Kier molecular flexibility index (Phi) is 8.80. The number of ether oxygens (including phenoxy) is 1. The van der Waals surface area contributed by atoms with Gasteiger partial charge in [-0.25, -0.2) is 8.78 Å². The van der Waals surface area contributed by atoms with Crippen LogP contribution in [0, 0.1) is 17.6 Å². The number of hydrogen-bond donors (Lipinski definition) is 1. The van der Waals surface area contributed by atoms with Gasteiger partial charge in [-0.15, -0.1) is 0 Å². The molecule has 8 nitrogen and oxygen atoms in total. The Morgan fingerprint density at radius 1 is 1.09 bits per heavy atom. The van der Waals surface area contributed by atoms with Gasteiger partial charge in [0.2, 0.25) is 12.3 Å². The van der Waals surface area contributed by atoms with E-state index in [1.54, 1.807) is 4.90 Å². The molecule has 250 valence electrons. The normalized spacial score (nSPS) is 27.3. The second-order valence-electron chi connectivity index (χ2n) is 14.2. The molecule has 5 atom stereocenters. The SMILES string of the molecule is C=CC(=O)N1C[C@H](C)N(/C(=N/C=O)c2cc(C3CC3)c(-c3ccc(F)cc3F)c3c2N[C@H](CCCN2C[C@H]4CC[C@@H]2C4)CO3)C[C@H]1C. The summed E-state index contributed by atoms with van der Waals surface area (Å²) in [6.45, 7) is 11.3. The highest BCUT2D eigenvalue weighted by atomic mass is 19.1. The monoisotopic (exact) mass is 645 g/mol. The molecule has 2 bridgehead atoms. The van der Waals surface area contributed by atoms with E-state index in [1.807, 2.05) is 19.9 Å². The van der Waals surface area contributed by atoms with Gasteiger partial charge >= 0.3 is 0 Å². The molecule has 0 spiro atoms. The van der Waals surface area contributed by atoms with Crippen LogP contribution in [0.3, 0.4) is 0 Å². The summed E-state index contributed by atoms with van der Waals surface area (Å²) in [7, 11) is 0. The van der Waals surface area contributed by atoms with Crippen LogP contribution >= 0.6 is 0 Å². The predicted octanol–water partition coefficient (Wildman–Crippen LogP) is 5.96. The molecule has 2 saturated carbocycles. The molecule has 2 amide bonds. The minimum Gasteiger partial charge on any atom is -0.489 e. The molecule has 3 heterocycles. The van der Waals surface area contributed by atoms with Crippen molar-refractivity contribution in [1.29, 1.82) is 0 Å². The van der Waals surface area contributed by atoms with Crippen LogP contribution in [-0.2, 0) is 9.59 Å². The third-order valence-corrected chi connectivity index (χ3v) is 11.0. The molecule has 2 saturated heterocycles. The zero-order valence-corrected chi connectivity index (χ0v) is 27.4. The van der Waals surface area contributed by atoms with Crippen molar-refractivity contribution in [3.63, 3.8) is 0 Å². The fourth-order valence-electron chi connectivity index (χ4n) is 8.45. The standard InChI is InChI=1S/C37H45F2N5O3/c1-4-33(46)43-17-23(3)44(18-22(43)2)37(40-21-45)31-16-30(25-8-9-25)34(29-12-10-26(38)15-32(29)39)36-35(31)41-27(20-47-36)6-5-13-42-19-24-7-11-28(42)14-24/h4,10,12,15-16,21-25,27-28,41H,1,5-9,11,13-14,17-20H2,2-3H3/b40-37+/t22-,23+,24+,27-,28-/m1/s1. The highest BCUT2D eigenvalue weighted by Gasteiger charge is 2.40. The number of nitrogens with zero attached hydrogens (tertiary/aromatic N) is 4. The fraction of sp³-hybridized carbons (Fsp3) is 0.541. The van der Waals surface area contributed by atoms with Gasteiger partial charge < -0.3 is 24.8 Å². The lowest BCUT2D eigenvalue weighted by Gasteiger charge is -2.45. The molecular weight excluding hydrogens is 600 g/mol. The molecule has 7 rings (SSSR count). The smallest absolute Gasteiger partial charge is 0.246 e. The number of anilines is 1. The van der Waals surface area contributed by atoms with Crippen LogP contribution in [0.4, 0.5) is 14.5 Å². The lowest BCUT2D eigenvalue weighted by Crippen LogP contribution is -2.59. The topological polar surface area (TPSA) is 77.5 Å². The number of halogens is 2. The Morgan fingerprint density at radius 3 is 2.55 bits per heavy atom. The van der Waals surface area contributed by atoms with Gasteiger partial charge in [-0.05, 0) is 107 Å². The average Bonchev–Trinajstić information content (AvgIpc) is 3.70. The van der Waals surface area contributed by atoms with E-state index in [4.69, 9.17) is 4.74 Å². The summed E-state index contributed by atoms with van der Waals surface area (Å²) in [6.07, 6.45) is 9.71. The molecule has 10 heteroatoms. The van der Waals surface area contributed by atoms with Crippen LogP contribution in [0.1, 0.15) is 75.8 Å². The summed E-state index contributed by atoms with van der Waals surface area (Å²) in [6, 6.07) is 6.19. The molecule has 3 aliphatic heterocycles. The van der Waals surface area contributed by atoms with Crippen molar-refractivity contribution in [2.24, 2.45) is 10.9 Å².